The van der Waals surface area contributed by atoms with Crippen LogP contribution in [0.4, 0.5) is 0 Å². The molecule has 0 saturated carbocycles. The minimum Gasteiger partial charge on any atom is -0.508 e. The van der Waals surface area contributed by atoms with Crippen molar-refractivity contribution in [1.82, 2.24) is 0 Å². The van der Waals surface area contributed by atoms with Gasteiger partial charge in [0.15, 0.2) is 0 Å². The van der Waals surface area contributed by atoms with E-state index in [1.165, 1.54) is 11.1 Å². The smallest absolute Gasteiger partial charge is 0.119 e. The Bertz CT molecular complexity index is 527. The molecule has 22 heavy (non-hydrogen) atoms. The standard InChI is InChI=1S/C15H24O.C6H6/c1-9(2)12-7-8-13(16)15(11(5)6)14(12)10(3)4;1-2-4-6-5-3-1/h7-11,16H,1-6H3;1-6H. The Kier molecular flexibility index (Phi) is 7.17. The van der Waals surface area contributed by atoms with Crippen molar-refractivity contribution < 1.29 is 5.11 Å². The number of phenols is 1. The lowest BCUT2D eigenvalue weighted by Gasteiger charge is -2.23. The third-order valence-electron chi connectivity index (χ3n) is 3.74. The van der Waals surface area contributed by atoms with Gasteiger partial charge in [-0.05, 0) is 34.9 Å². The highest BCUT2D eigenvalue weighted by Crippen LogP contribution is 2.38. The van der Waals surface area contributed by atoms with Crippen LogP contribution in [0.15, 0.2) is 48.5 Å². The molecule has 0 spiro atoms. The first kappa shape index (κ1) is 18.3. The van der Waals surface area contributed by atoms with Crippen LogP contribution in [0.25, 0.3) is 0 Å². The lowest BCUT2D eigenvalue weighted by atomic mass is 9.83. The van der Waals surface area contributed by atoms with Crippen LogP contribution < -0.4 is 0 Å². The Hall–Kier alpha value is -1.76. The van der Waals surface area contributed by atoms with Crippen LogP contribution in [-0.4, -0.2) is 5.11 Å². The van der Waals surface area contributed by atoms with Crippen LogP contribution in [0.2, 0.25) is 0 Å². The monoisotopic (exact) mass is 298 g/mol. The number of rotatable bonds is 3. The molecule has 0 atom stereocenters. The summed E-state index contributed by atoms with van der Waals surface area (Å²) in [5, 5.41) is 10.0. The highest BCUT2D eigenvalue weighted by atomic mass is 16.3. The van der Waals surface area contributed by atoms with Crippen LogP contribution in [0.1, 0.15) is 76.0 Å². The minimum atomic E-state index is 0.371. The molecule has 0 radical (unpaired) electrons. The summed E-state index contributed by atoms with van der Waals surface area (Å²) in [6.07, 6.45) is 0. The first-order chi connectivity index (χ1) is 10.4. The van der Waals surface area contributed by atoms with Crippen molar-refractivity contribution in [1.29, 1.82) is 0 Å². The SMILES string of the molecule is CC(C)c1ccc(O)c(C(C)C)c1C(C)C.c1ccccc1. The van der Waals surface area contributed by atoms with E-state index in [-0.39, 0.29) is 0 Å². The van der Waals surface area contributed by atoms with E-state index in [4.69, 9.17) is 0 Å². The summed E-state index contributed by atoms with van der Waals surface area (Å²) in [5.74, 6) is 1.79. The topological polar surface area (TPSA) is 20.2 Å². The molecule has 0 heterocycles. The van der Waals surface area contributed by atoms with E-state index in [9.17, 15) is 5.11 Å². The number of benzene rings is 2. The zero-order valence-electron chi connectivity index (χ0n) is 14.8. The molecule has 0 bridgehead atoms. The van der Waals surface area contributed by atoms with Crippen molar-refractivity contribution in [2.24, 2.45) is 0 Å². The summed E-state index contributed by atoms with van der Waals surface area (Å²) in [6, 6.07) is 15.9. The summed E-state index contributed by atoms with van der Waals surface area (Å²) in [5.41, 5.74) is 3.84. The van der Waals surface area contributed by atoms with Crippen LogP contribution in [0.3, 0.4) is 0 Å². The maximum Gasteiger partial charge on any atom is 0.119 e. The van der Waals surface area contributed by atoms with Crippen molar-refractivity contribution in [3.63, 3.8) is 0 Å². The Labute approximate surface area is 136 Å². The number of phenolic OH excluding ortho intramolecular Hbond substituents is 1. The first-order valence-electron chi connectivity index (χ1n) is 8.21. The number of hydrogen-bond acceptors (Lipinski definition) is 1. The van der Waals surface area contributed by atoms with Gasteiger partial charge in [-0.1, -0.05) is 84.0 Å². The zero-order chi connectivity index (χ0) is 16.7. The zero-order valence-corrected chi connectivity index (χ0v) is 14.8. The van der Waals surface area contributed by atoms with Crippen molar-refractivity contribution >= 4 is 0 Å². The fourth-order valence-corrected chi connectivity index (χ4v) is 2.78. The Morgan fingerprint density at radius 1 is 0.591 bits per heavy atom. The maximum absolute atomic E-state index is 10.0. The molecule has 0 aliphatic rings. The van der Waals surface area contributed by atoms with Gasteiger partial charge in [-0.2, -0.15) is 0 Å². The van der Waals surface area contributed by atoms with E-state index in [0.29, 0.717) is 23.5 Å². The van der Waals surface area contributed by atoms with E-state index in [0.717, 1.165) is 5.56 Å². The molecule has 0 aliphatic heterocycles. The van der Waals surface area contributed by atoms with Gasteiger partial charge in [-0.15, -0.1) is 0 Å². The molecule has 1 N–H and O–H groups in total. The normalized spacial score (nSPS) is 10.8. The van der Waals surface area contributed by atoms with Crippen LogP contribution in [-0.2, 0) is 0 Å². The van der Waals surface area contributed by atoms with E-state index >= 15 is 0 Å². The summed E-state index contributed by atoms with van der Waals surface area (Å²) < 4.78 is 0. The third-order valence-corrected chi connectivity index (χ3v) is 3.74. The average molecular weight is 298 g/mol. The molecular weight excluding hydrogens is 268 g/mol. The lowest BCUT2D eigenvalue weighted by Crippen LogP contribution is -2.05. The molecule has 2 aromatic carbocycles. The summed E-state index contributed by atoms with van der Waals surface area (Å²) in [6.45, 7) is 13.1. The molecule has 0 saturated heterocycles. The predicted molar refractivity (Wildman–Crippen MR) is 96.8 cm³/mol. The van der Waals surface area contributed by atoms with Gasteiger partial charge in [0.2, 0.25) is 0 Å². The molecule has 2 aromatic rings. The van der Waals surface area contributed by atoms with Gasteiger partial charge in [0.25, 0.3) is 0 Å². The van der Waals surface area contributed by atoms with Crippen LogP contribution in [0.5, 0.6) is 5.75 Å². The predicted octanol–water partition coefficient (Wildman–Crippen LogP) is 6.45. The van der Waals surface area contributed by atoms with E-state index in [1.807, 2.05) is 42.5 Å². The van der Waals surface area contributed by atoms with Gasteiger partial charge in [0.05, 0.1) is 0 Å². The molecule has 2 rings (SSSR count). The van der Waals surface area contributed by atoms with Gasteiger partial charge in [-0.25, -0.2) is 0 Å². The van der Waals surface area contributed by atoms with E-state index in [2.05, 4.69) is 47.6 Å². The number of aromatic hydroxyl groups is 1. The molecule has 0 unspecified atom stereocenters. The highest BCUT2D eigenvalue weighted by Gasteiger charge is 2.19. The second-order valence-electron chi connectivity index (χ2n) is 6.62. The van der Waals surface area contributed by atoms with Crippen molar-refractivity contribution in [3.05, 3.63) is 65.2 Å². The van der Waals surface area contributed by atoms with Gasteiger partial charge < -0.3 is 5.11 Å². The molecule has 1 heteroatoms. The lowest BCUT2D eigenvalue weighted by molar-refractivity contribution is 0.462. The number of hydrogen-bond donors (Lipinski definition) is 1. The molecule has 0 amide bonds. The molecule has 0 aliphatic carbocycles. The summed E-state index contributed by atoms with van der Waals surface area (Å²) >= 11 is 0. The quantitative estimate of drug-likeness (QED) is 0.690. The summed E-state index contributed by atoms with van der Waals surface area (Å²) in [7, 11) is 0. The second-order valence-corrected chi connectivity index (χ2v) is 6.62. The van der Waals surface area contributed by atoms with Crippen LogP contribution >= 0.6 is 0 Å². The van der Waals surface area contributed by atoms with Gasteiger partial charge in [0.1, 0.15) is 5.75 Å². The average Bonchev–Trinajstić information content (AvgIpc) is 2.48. The highest BCUT2D eigenvalue weighted by molar-refractivity contribution is 5.48. The largest absolute Gasteiger partial charge is 0.508 e. The minimum absolute atomic E-state index is 0.371. The van der Waals surface area contributed by atoms with Crippen molar-refractivity contribution in [2.45, 2.75) is 59.3 Å². The first-order valence-corrected chi connectivity index (χ1v) is 8.21. The Morgan fingerprint density at radius 3 is 1.32 bits per heavy atom. The third kappa shape index (κ3) is 4.91. The molecule has 1 nitrogen and oxygen atoms in total. The van der Waals surface area contributed by atoms with Gasteiger partial charge in [-0.3, -0.25) is 0 Å². The fraction of sp³-hybridized carbons (Fsp3) is 0.429. The van der Waals surface area contributed by atoms with Gasteiger partial charge >= 0.3 is 0 Å². The summed E-state index contributed by atoms with van der Waals surface area (Å²) in [4.78, 5) is 0. The fourth-order valence-electron chi connectivity index (χ4n) is 2.78. The van der Waals surface area contributed by atoms with Crippen LogP contribution in [0, 0.1) is 0 Å². The molecule has 0 fully saturated rings. The Morgan fingerprint density at radius 2 is 1.00 bits per heavy atom. The maximum atomic E-state index is 10.0. The molecule has 0 aromatic heterocycles. The van der Waals surface area contributed by atoms with Crippen molar-refractivity contribution in [3.8, 4) is 5.75 Å². The Balaban J connectivity index is 0.000000335. The second kappa shape index (κ2) is 8.63. The van der Waals surface area contributed by atoms with E-state index < -0.39 is 0 Å². The molecule has 120 valence electrons. The van der Waals surface area contributed by atoms with Crippen molar-refractivity contribution in [2.75, 3.05) is 0 Å². The van der Waals surface area contributed by atoms with E-state index in [1.54, 1.807) is 0 Å². The molecular formula is C21H30O. The van der Waals surface area contributed by atoms with Gasteiger partial charge in [0, 0.05) is 5.56 Å².